The van der Waals surface area contributed by atoms with E-state index in [0.717, 1.165) is 25.9 Å². The van der Waals surface area contributed by atoms with Crippen LogP contribution in [-0.2, 0) is 14.8 Å². The van der Waals surface area contributed by atoms with Crippen LogP contribution in [0.2, 0.25) is 0 Å². The summed E-state index contributed by atoms with van der Waals surface area (Å²) in [5, 5.41) is 3.87. The third kappa shape index (κ3) is 4.62. The molecular formula is C22H29N3O5S. The van der Waals surface area contributed by atoms with Crippen molar-refractivity contribution in [2.24, 2.45) is 11.8 Å². The number of piperidine rings is 2. The average molecular weight is 448 g/mol. The standard InChI is InChI=1S/C22H29N3O5S/c1-16-9-12-24(13-10-16)22(26)18-5-3-11-25(15-18)31(27,28)21-17(2)23-30-20(21)8-7-19-6-4-14-29-19/h4,6-8,14,16,18H,3,5,9-13,15H2,1-2H3/b8-7+/t18-/m0/s1. The van der Waals surface area contributed by atoms with E-state index in [4.69, 9.17) is 8.94 Å². The zero-order valence-corrected chi connectivity index (χ0v) is 18.8. The van der Waals surface area contributed by atoms with Gasteiger partial charge in [0.25, 0.3) is 0 Å². The molecule has 31 heavy (non-hydrogen) atoms. The highest BCUT2D eigenvalue weighted by Gasteiger charge is 2.38. The molecule has 168 valence electrons. The summed E-state index contributed by atoms with van der Waals surface area (Å²) in [5.74, 6) is 1.15. The van der Waals surface area contributed by atoms with Crippen LogP contribution in [0.1, 0.15) is 49.8 Å². The Kier molecular flexibility index (Phi) is 6.34. The van der Waals surface area contributed by atoms with E-state index in [9.17, 15) is 13.2 Å². The number of sulfonamides is 1. The van der Waals surface area contributed by atoms with Gasteiger partial charge in [0.2, 0.25) is 15.9 Å². The fourth-order valence-electron chi connectivity index (χ4n) is 4.32. The van der Waals surface area contributed by atoms with E-state index >= 15 is 0 Å². The molecule has 0 radical (unpaired) electrons. The number of nitrogens with zero attached hydrogens (tertiary/aromatic N) is 3. The van der Waals surface area contributed by atoms with Crippen molar-refractivity contribution in [3.05, 3.63) is 35.6 Å². The lowest BCUT2D eigenvalue weighted by molar-refractivity contribution is -0.138. The van der Waals surface area contributed by atoms with Crippen molar-refractivity contribution in [3.63, 3.8) is 0 Å². The molecule has 2 aromatic heterocycles. The van der Waals surface area contributed by atoms with Crippen molar-refractivity contribution in [2.75, 3.05) is 26.2 Å². The lowest BCUT2D eigenvalue weighted by Gasteiger charge is -2.36. The highest BCUT2D eigenvalue weighted by Crippen LogP contribution is 2.30. The number of furan rings is 1. The largest absolute Gasteiger partial charge is 0.465 e. The average Bonchev–Trinajstić information content (AvgIpc) is 3.42. The number of likely N-dealkylation sites (tertiary alicyclic amines) is 1. The highest BCUT2D eigenvalue weighted by molar-refractivity contribution is 7.89. The Hall–Kier alpha value is -2.39. The molecule has 4 heterocycles. The number of carbonyl (C=O) groups excluding carboxylic acids is 1. The van der Waals surface area contributed by atoms with E-state index in [1.165, 1.54) is 10.6 Å². The van der Waals surface area contributed by atoms with Crippen LogP contribution in [0.5, 0.6) is 0 Å². The second kappa shape index (κ2) is 9.00. The maximum Gasteiger partial charge on any atom is 0.248 e. The number of amides is 1. The van der Waals surface area contributed by atoms with E-state index in [0.29, 0.717) is 36.8 Å². The topological polar surface area (TPSA) is 96.9 Å². The van der Waals surface area contributed by atoms with Crippen molar-refractivity contribution in [1.82, 2.24) is 14.4 Å². The first-order valence-electron chi connectivity index (χ1n) is 10.8. The zero-order valence-electron chi connectivity index (χ0n) is 18.0. The summed E-state index contributed by atoms with van der Waals surface area (Å²) < 4.78 is 38.9. The van der Waals surface area contributed by atoms with Crippen LogP contribution in [0.25, 0.3) is 12.2 Å². The van der Waals surface area contributed by atoms with Gasteiger partial charge in [-0.2, -0.15) is 4.31 Å². The number of aryl methyl sites for hydroxylation is 1. The number of hydrogen-bond acceptors (Lipinski definition) is 6. The molecule has 0 saturated carbocycles. The summed E-state index contributed by atoms with van der Waals surface area (Å²) in [4.78, 5) is 15.0. The zero-order chi connectivity index (χ0) is 22.0. The molecule has 0 unspecified atom stereocenters. The molecule has 2 aliphatic heterocycles. The summed E-state index contributed by atoms with van der Waals surface area (Å²) in [6.07, 6.45) is 8.10. The number of rotatable bonds is 5. The molecule has 2 saturated heterocycles. The fourth-order valence-corrected chi connectivity index (χ4v) is 6.10. The van der Waals surface area contributed by atoms with E-state index < -0.39 is 10.0 Å². The third-order valence-electron chi connectivity index (χ3n) is 6.20. The molecule has 0 spiro atoms. The van der Waals surface area contributed by atoms with E-state index in [1.807, 2.05) is 4.90 Å². The number of hydrogen-bond donors (Lipinski definition) is 0. The molecule has 1 amide bonds. The lowest BCUT2D eigenvalue weighted by atomic mass is 9.94. The first-order chi connectivity index (χ1) is 14.9. The van der Waals surface area contributed by atoms with Gasteiger partial charge in [-0.15, -0.1) is 0 Å². The molecule has 2 fully saturated rings. The second-order valence-corrected chi connectivity index (χ2v) is 10.4. The van der Waals surface area contributed by atoms with Crippen molar-refractivity contribution < 1.29 is 22.2 Å². The first-order valence-corrected chi connectivity index (χ1v) is 12.3. The monoisotopic (exact) mass is 447 g/mol. The third-order valence-corrected chi connectivity index (χ3v) is 8.23. The Morgan fingerprint density at radius 3 is 2.68 bits per heavy atom. The van der Waals surface area contributed by atoms with Crippen molar-refractivity contribution in [1.29, 1.82) is 0 Å². The van der Waals surface area contributed by atoms with Crippen LogP contribution in [0.4, 0.5) is 0 Å². The fraction of sp³-hybridized carbons (Fsp3) is 0.545. The maximum atomic E-state index is 13.5. The second-order valence-electron chi connectivity index (χ2n) is 8.52. The van der Waals surface area contributed by atoms with Crippen LogP contribution in [0.15, 0.2) is 32.2 Å². The van der Waals surface area contributed by atoms with Gasteiger partial charge in [0.1, 0.15) is 11.5 Å². The molecule has 0 N–H and O–H groups in total. The number of carbonyl (C=O) groups is 1. The Morgan fingerprint density at radius 1 is 1.19 bits per heavy atom. The first kappa shape index (κ1) is 21.8. The Labute approximate surface area is 182 Å². The van der Waals surface area contributed by atoms with Crippen LogP contribution < -0.4 is 0 Å². The lowest BCUT2D eigenvalue weighted by Crippen LogP contribution is -2.48. The summed E-state index contributed by atoms with van der Waals surface area (Å²) in [5.41, 5.74) is 0.303. The summed E-state index contributed by atoms with van der Waals surface area (Å²) in [6, 6.07) is 3.51. The van der Waals surface area contributed by atoms with Crippen LogP contribution in [0, 0.1) is 18.8 Å². The Bertz CT molecular complexity index is 1030. The normalized spacial score (nSPS) is 21.7. The molecule has 2 aliphatic rings. The summed E-state index contributed by atoms with van der Waals surface area (Å²) >= 11 is 0. The minimum atomic E-state index is -3.85. The van der Waals surface area contributed by atoms with Crippen molar-refractivity contribution >= 4 is 28.1 Å². The van der Waals surface area contributed by atoms with E-state index in [-0.39, 0.29) is 29.0 Å². The van der Waals surface area contributed by atoms with Gasteiger partial charge in [-0.3, -0.25) is 4.79 Å². The predicted molar refractivity (Wildman–Crippen MR) is 115 cm³/mol. The van der Waals surface area contributed by atoms with Gasteiger partial charge >= 0.3 is 0 Å². The van der Waals surface area contributed by atoms with Gasteiger partial charge in [0.05, 0.1) is 12.2 Å². The molecule has 0 bridgehead atoms. The Balaban J connectivity index is 1.52. The molecule has 4 rings (SSSR count). The predicted octanol–water partition coefficient (Wildman–Crippen LogP) is 3.41. The van der Waals surface area contributed by atoms with Crippen molar-refractivity contribution in [3.8, 4) is 0 Å². The molecule has 0 aromatic carbocycles. The van der Waals surface area contributed by atoms with Crippen LogP contribution >= 0.6 is 0 Å². The Morgan fingerprint density at radius 2 is 1.97 bits per heavy atom. The minimum absolute atomic E-state index is 0.0511. The maximum absolute atomic E-state index is 13.5. The molecule has 1 atom stereocenters. The highest BCUT2D eigenvalue weighted by atomic mass is 32.2. The van der Waals surface area contributed by atoms with Crippen LogP contribution in [0.3, 0.4) is 0 Å². The molecule has 0 aliphatic carbocycles. The van der Waals surface area contributed by atoms with Gasteiger partial charge in [0, 0.05) is 26.2 Å². The SMILES string of the molecule is Cc1noc(/C=C/c2ccco2)c1S(=O)(=O)N1CCC[C@H](C(=O)N2CCC(C)CC2)C1. The molecular weight excluding hydrogens is 418 g/mol. The van der Waals surface area contributed by atoms with Gasteiger partial charge in [-0.25, -0.2) is 8.42 Å². The molecule has 9 heteroatoms. The quantitative estimate of drug-likeness (QED) is 0.697. The minimum Gasteiger partial charge on any atom is -0.465 e. The van der Waals surface area contributed by atoms with Crippen molar-refractivity contribution in [2.45, 2.75) is 44.4 Å². The van der Waals surface area contributed by atoms with Gasteiger partial charge in [0.15, 0.2) is 10.7 Å². The van der Waals surface area contributed by atoms with Gasteiger partial charge < -0.3 is 13.8 Å². The number of aromatic nitrogens is 1. The smallest absolute Gasteiger partial charge is 0.248 e. The molecule has 8 nitrogen and oxygen atoms in total. The van der Waals surface area contributed by atoms with Gasteiger partial charge in [-0.1, -0.05) is 12.1 Å². The van der Waals surface area contributed by atoms with E-state index in [1.54, 1.807) is 31.2 Å². The van der Waals surface area contributed by atoms with Gasteiger partial charge in [-0.05, 0) is 62.8 Å². The van der Waals surface area contributed by atoms with Crippen LogP contribution in [-0.4, -0.2) is 54.9 Å². The summed E-state index contributed by atoms with van der Waals surface area (Å²) in [7, 11) is -3.85. The summed E-state index contributed by atoms with van der Waals surface area (Å²) in [6.45, 7) is 5.91. The van der Waals surface area contributed by atoms with E-state index in [2.05, 4.69) is 12.1 Å². The molecule has 2 aromatic rings.